The van der Waals surface area contributed by atoms with Crippen LogP contribution in [0.3, 0.4) is 0 Å². The van der Waals surface area contributed by atoms with Crippen LogP contribution >= 0.6 is 39.3 Å². The summed E-state index contributed by atoms with van der Waals surface area (Å²) in [7, 11) is 1.39. The first-order valence-corrected chi connectivity index (χ1v) is 7.54. The van der Waals surface area contributed by atoms with Gasteiger partial charge in [-0.2, -0.15) is 0 Å². The van der Waals surface area contributed by atoms with Gasteiger partial charge in [-0.15, -0.1) is 11.8 Å². The maximum Gasteiger partial charge on any atom is 0.318 e. The molecule has 18 heavy (non-hydrogen) atoms. The van der Waals surface area contributed by atoms with Gasteiger partial charge in [-0.05, 0) is 41.1 Å². The van der Waals surface area contributed by atoms with Crippen molar-refractivity contribution >= 4 is 45.3 Å². The summed E-state index contributed by atoms with van der Waals surface area (Å²) >= 11 is 10.7. The second-order valence-corrected chi connectivity index (χ2v) is 6.20. The number of carbonyl (C=O) groups excluding carboxylic acids is 1. The molecule has 0 bridgehead atoms. The van der Waals surface area contributed by atoms with Gasteiger partial charge in [0.15, 0.2) is 0 Å². The molecule has 6 heteroatoms. The van der Waals surface area contributed by atoms with Crippen LogP contribution in [0.1, 0.15) is 6.92 Å². The fraction of sp³-hybridized carbons (Fsp3) is 0.417. The molecule has 3 nitrogen and oxygen atoms in total. The second-order valence-electron chi connectivity index (χ2n) is 3.46. The van der Waals surface area contributed by atoms with Crippen molar-refractivity contribution in [2.45, 2.75) is 12.2 Å². The lowest BCUT2D eigenvalue weighted by atomic mass is 10.3. The molecular weight excluding hydrogens is 340 g/mol. The van der Waals surface area contributed by atoms with E-state index in [9.17, 15) is 4.79 Å². The van der Waals surface area contributed by atoms with Crippen LogP contribution in [-0.2, 0) is 9.53 Å². The number of ether oxygens (including phenoxy) is 2. The zero-order chi connectivity index (χ0) is 13.5. The van der Waals surface area contributed by atoms with Crippen LogP contribution in [0.15, 0.2) is 22.7 Å². The van der Waals surface area contributed by atoms with Crippen molar-refractivity contribution in [3.8, 4) is 5.75 Å². The minimum atomic E-state index is -0.215. The number of rotatable bonds is 6. The number of hydrogen-bond acceptors (Lipinski definition) is 4. The largest absolute Gasteiger partial charge is 0.492 e. The van der Waals surface area contributed by atoms with Gasteiger partial charge < -0.3 is 9.47 Å². The van der Waals surface area contributed by atoms with Crippen LogP contribution in [0.25, 0.3) is 0 Å². The van der Waals surface area contributed by atoms with Gasteiger partial charge in [0.1, 0.15) is 5.75 Å². The summed E-state index contributed by atoms with van der Waals surface area (Å²) in [5.41, 5.74) is 0. The molecule has 0 aliphatic carbocycles. The van der Waals surface area contributed by atoms with E-state index < -0.39 is 0 Å². The van der Waals surface area contributed by atoms with E-state index in [4.69, 9.17) is 16.3 Å². The SMILES string of the molecule is COC(=O)C(C)SCCOc1ccc(Cl)cc1Br. The van der Waals surface area contributed by atoms with Crippen LogP contribution in [-0.4, -0.2) is 30.7 Å². The number of benzene rings is 1. The zero-order valence-electron chi connectivity index (χ0n) is 10.1. The molecule has 0 aromatic heterocycles. The molecule has 100 valence electrons. The molecule has 1 rings (SSSR count). The molecular formula is C12H14BrClO3S. The number of thioether (sulfide) groups is 1. The summed E-state index contributed by atoms with van der Waals surface area (Å²) in [6, 6.07) is 5.35. The fourth-order valence-corrected chi connectivity index (χ4v) is 2.77. The summed E-state index contributed by atoms with van der Waals surface area (Å²) in [5, 5.41) is 0.482. The monoisotopic (exact) mass is 352 g/mol. The van der Waals surface area contributed by atoms with E-state index in [0.717, 1.165) is 10.2 Å². The first kappa shape index (κ1) is 15.7. The minimum absolute atomic E-state index is 0.174. The molecule has 1 unspecified atom stereocenters. The van der Waals surface area contributed by atoms with Gasteiger partial charge in [-0.25, -0.2) is 0 Å². The quantitative estimate of drug-likeness (QED) is 0.576. The van der Waals surface area contributed by atoms with Crippen molar-refractivity contribution in [3.63, 3.8) is 0 Å². The number of esters is 1. The van der Waals surface area contributed by atoms with Crippen molar-refractivity contribution in [3.05, 3.63) is 27.7 Å². The Hall–Kier alpha value is -0.390. The number of carbonyl (C=O) groups is 1. The molecule has 1 aromatic carbocycles. The van der Waals surface area contributed by atoms with Gasteiger partial charge in [-0.3, -0.25) is 4.79 Å². The lowest BCUT2D eigenvalue weighted by Crippen LogP contribution is -2.16. The third-order valence-corrected chi connectivity index (χ3v) is 4.09. The molecule has 0 saturated carbocycles. The Morgan fingerprint density at radius 2 is 2.28 bits per heavy atom. The van der Waals surface area contributed by atoms with Crippen LogP contribution in [0, 0.1) is 0 Å². The van der Waals surface area contributed by atoms with Crippen LogP contribution in [0.2, 0.25) is 5.02 Å². The molecule has 0 aliphatic heterocycles. The van der Waals surface area contributed by atoms with Crippen molar-refractivity contribution in [2.75, 3.05) is 19.5 Å². The summed E-state index contributed by atoms with van der Waals surface area (Å²) in [4.78, 5) is 11.2. The summed E-state index contributed by atoms with van der Waals surface area (Å²) in [6.45, 7) is 2.33. The minimum Gasteiger partial charge on any atom is -0.492 e. The van der Waals surface area contributed by atoms with E-state index in [0.29, 0.717) is 17.4 Å². The number of methoxy groups -OCH3 is 1. The number of halogens is 2. The first-order chi connectivity index (χ1) is 8.54. The molecule has 0 N–H and O–H groups in total. The predicted octanol–water partition coefficient (Wildman–Crippen LogP) is 3.78. The third-order valence-electron chi connectivity index (χ3n) is 2.14. The standard InChI is InChI=1S/C12H14BrClO3S/c1-8(12(15)16-2)18-6-5-17-11-4-3-9(14)7-10(11)13/h3-4,7-8H,5-6H2,1-2H3. The van der Waals surface area contributed by atoms with Crippen LogP contribution < -0.4 is 4.74 Å². The van der Waals surface area contributed by atoms with Crippen LogP contribution in [0.4, 0.5) is 0 Å². The van der Waals surface area contributed by atoms with E-state index in [-0.39, 0.29) is 11.2 Å². The van der Waals surface area contributed by atoms with Crippen molar-refractivity contribution in [1.82, 2.24) is 0 Å². The number of hydrogen-bond donors (Lipinski definition) is 0. The lowest BCUT2D eigenvalue weighted by molar-refractivity contribution is -0.139. The maximum absolute atomic E-state index is 11.2. The topological polar surface area (TPSA) is 35.5 Å². The normalized spacial score (nSPS) is 12.0. The smallest absolute Gasteiger partial charge is 0.318 e. The first-order valence-electron chi connectivity index (χ1n) is 5.32. The zero-order valence-corrected chi connectivity index (χ0v) is 13.3. The fourth-order valence-electron chi connectivity index (χ4n) is 1.20. The Morgan fingerprint density at radius 3 is 2.89 bits per heavy atom. The van der Waals surface area contributed by atoms with Gasteiger partial charge in [-0.1, -0.05) is 11.6 Å². The maximum atomic E-state index is 11.2. The third kappa shape index (κ3) is 5.08. The van der Waals surface area contributed by atoms with Gasteiger partial charge >= 0.3 is 5.97 Å². The van der Waals surface area contributed by atoms with Gasteiger partial charge in [0.05, 0.1) is 23.4 Å². The molecule has 0 aliphatic rings. The van der Waals surface area contributed by atoms with Crippen LogP contribution in [0.5, 0.6) is 5.75 Å². The highest BCUT2D eigenvalue weighted by Crippen LogP contribution is 2.28. The Bertz CT molecular complexity index is 414. The molecule has 0 spiro atoms. The van der Waals surface area contributed by atoms with Gasteiger partial charge in [0, 0.05) is 10.8 Å². The Morgan fingerprint density at radius 1 is 1.56 bits per heavy atom. The lowest BCUT2D eigenvalue weighted by Gasteiger charge is -2.10. The van der Waals surface area contributed by atoms with Crippen molar-refractivity contribution < 1.29 is 14.3 Å². The molecule has 0 radical (unpaired) electrons. The van der Waals surface area contributed by atoms with E-state index in [1.165, 1.54) is 18.9 Å². The van der Waals surface area contributed by atoms with Gasteiger partial charge in [0.25, 0.3) is 0 Å². The Balaban J connectivity index is 2.32. The van der Waals surface area contributed by atoms with E-state index in [1.807, 2.05) is 6.92 Å². The summed E-state index contributed by atoms with van der Waals surface area (Å²) in [6.07, 6.45) is 0. The van der Waals surface area contributed by atoms with Crippen molar-refractivity contribution in [2.24, 2.45) is 0 Å². The van der Waals surface area contributed by atoms with E-state index in [1.54, 1.807) is 18.2 Å². The molecule has 0 fully saturated rings. The molecule has 0 heterocycles. The summed E-state index contributed by atoms with van der Waals surface area (Å²) < 4.78 is 11.0. The Kier molecular flexibility index (Phi) is 6.89. The average molecular weight is 354 g/mol. The molecule has 0 amide bonds. The average Bonchev–Trinajstić information content (AvgIpc) is 2.35. The van der Waals surface area contributed by atoms with Gasteiger partial charge in [0.2, 0.25) is 0 Å². The molecule has 1 atom stereocenters. The Labute approximate surface area is 124 Å². The molecule has 1 aromatic rings. The van der Waals surface area contributed by atoms with Crippen molar-refractivity contribution in [1.29, 1.82) is 0 Å². The van der Waals surface area contributed by atoms with E-state index in [2.05, 4.69) is 20.7 Å². The van der Waals surface area contributed by atoms with E-state index >= 15 is 0 Å². The highest BCUT2D eigenvalue weighted by molar-refractivity contribution is 9.10. The predicted molar refractivity (Wildman–Crippen MR) is 78.6 cm³/mol. The highest BCUT2D eigenvalue weighted by Gasteiger charge is 2.12. The summed E-state index contributed by atoms with van der Waals surface area (Å²) in [5.74, 6) is 1.24. The molecule has 0 saturated heterocycles. The highest BCUT2D eigenvalue weighted by atomic mass is 79.9. The second kappa shape index (κ2) is 7.92.